The van der Waals surface area contributed by atoms with Crippen molar-refractivity contribution in [3.63, 3.8) is 0 Å². The van der Waals surface area contributed by atoms with E-state index < -0.39 is 16.0 Å². The van der Waals surface area contributed by atoms with Crippen LogP contribution in [-0.4, -0.2) is 43.2 Å². The van der Waals surface area contributed by atoms with Gasteiger partial charge in [-0.1, -0.05) is 61.4 Å². The predicted octanol–water partition coefficient (Wildman–Crippen LogP) is 5.62. The largest absolute Gasteiger partial charge is 0.465 e. The van der Waals surface area contributed by atoms with E-state index in [1.807, 2.05) is 52.0 Å². The first kappa shape index (κ1) is 30.0. The summed E-state index contributed by atoms with van der Waals surface area (Å²) in [6.07, 6.45) is 1.51. The lowest BCUT2D eigenvalue weighted by Gasteiger charge is -2.22. The van der Waals surface area contributed by atoms with Gasteiger partial charge in [0.05, 0.1) is 29.7 Å². The summed E-state index contributed by atoms with van der Waals surface area (Å²) < 4.78 is 39.8. The van der Waals surface area contributed by atoms with Crippen LogP contribution in [-0.2, 0) is 37.4 Å². The fourth-order valence-electron chi connectivity index (χ4n) is 4.67. The molecule has 0 atom stereocenters. The maximum absolute atomic E-state index is 13.7. The Labute approximate surface area is 242 Å². The van der Waals surface area contributed by atoms with Crippen LogP contribution in [0.15, 0.2) is 86.8 Å². The highest BCUT2D eigenvalue weighted by molar-refractivity contribution is 7.89. The molecule has 1 aliphatic rings. The van der Waals surface area contributed by atoms with Gasteiger partial charge in [0.1, 0.15) is 11.5 Å². The van der Waals surface area contributed by atoms with Crippen molar-refractivity contribution in [2.75, 3.05) is 13.7 Å². The number of methoxy groups -OCH3 is 1. The van der Waals surface area contributed by atoms with Crippen LogP contribution in [0, 0.1) is 19.8 Å². The van der Waals surface area contributed by atoms with Gasteiger partial charge in [0.2, 0.25) is 10.0 Å². The van der Waals surface area contributed by atoms with E-state index in [1.54, 1.807) is 48.2 Å². The molecule has 2 aromatic carbocycles. The van der Waals surface area contributed by atoms with Crippen molar-refractivity contribution >= 4 is 28.0 Å². The molecule has 0 radical (unpaired) electrons. The molecule has 9 heteroatoms. The number of rotatable bonds is 10. The van der Waals surface area contributed by atoms with Crippen molar-refractivity contribution < 1.29 is 27.2 Å². The van der Waals surface area contributed by atoms with Gasteiger partial charge < -0.3 is 14.1 Å². The number of nitrogens with zero attached hydrogens (tertiary/aromatic N) is 2. The zero-order valence-electron chi connectivity index (χ0n) is 24.3. The van der Waals surface area contributed by atoms with Crippen molar-refractivity contribution in [3.05, 3.63) is 106 Å². The Morgan fingerprint density at radius 3 is 2.15 bits per heavy atom. The van der Waals surface area contributed by atoms with Gasteiger partial charge in [0.15, 0.2) is 0 Å². The molecule has 3 aromatic rings. The summed E-state index contributed by atoms with van der Waals surface area (Å²) in [5, 5.41) is 0. The molecule has 216 valence electrons. The zero-order valence-corrected chi connectivity index (χ0v) is 25.1. The lowest BCUT2D eigenvalue weighted by molar-refractivity contribution is -0.136. The average Bonchev–Trinajstić information content (AvgIpc) is 3.46. The van der Waals surface area contributed by atoms with Crippen LogP contribution in [0.4, 0.5) is 0 Å². The first-order valence-corrected chi connectivity index (χ1v) is 14.9. The van der Waals surface area contributed by atoms with Crippen LogP contribution in [0.5, 0.6) is 0 Å². The molecule has 0 aliphatic carbocycles. The van der Waals surface area contributed by atoms with Gasteiger partial charge in [-0.2, -0.15) is 4.31 Å². The number of aryl methyl sites for hydroxylation is 2. The van der Waals surface area contributed by atoms with Gasteiger partial charge in [0.25, 0.3) is 5.91 Å². The molecule has 4 rings (SSSR count). The number of furan rings is 1. The topological polar surface area (TPSA) is 97.1 Å². The summed E-state index contributed by atoms with van der Waals surface area (Å²) in [7, 11) is -2.59. The van der Waals surface area contributed by atoms with E-state index in [-0.39, 0.29) is 41.0 Å². The molecule has 0 spiro atoms. The van der Waals surface area contributed by atoms with Crippen LogP contribution >= 0.6 is 0 Å². The van der Waals surface area contributed by atoms with E-state index in [4.69, 9.17) is 9.15 Å². The molecule has 41 heavy (non-hydrogen) atoms. The van der Waals surface area contributed by atoms with E-state index >= 15 is 0 Å². The van der Waals surface area contributed by atoms with Crippen LogP contribution in [0.3, 0.4) is 0 Å². The first-order chi connectivity index (χ1) is 19.4. The highest BCUT2D eigenvalue weighted by Crippen LogP contribution is 2.33. The fraction of sp³-hybridized carbons (Fsp3) is 0.312. The number of ether oxygens (including phenoxy) is 1. The summed E-state index contributed by atoms with van der Waals surface area (Å²) in [4.78, 5) is 27.7. The van der Waals surface area contributed by atoms with E-state index in [9.17, 15) is 18.0 Å². The Bertz CT molecular complexity index is 1600. The van der Waals surface area contributed by atoms with Crippen molar-refractivity contribution in [3.8, 4) is 0 Å². The number of carbonyl (C=O) groups excluding carboxylic acids is 2. The fourth-order valence-corrected chi connectivity index (χ4v) is 6.06. The van der Waals surface area contributed by atoms with Gasteiger partial charge in [-0.3, -0.25) is 4.79 Å². The summed E-state index contributed by atoms with van der Waals surface area (Å²) in [6.45, 7) is 10.2. The summed E-state index contributed by atoms with van der Waals surface area (Å²) >= 11 is 0. The third-order valence-electron chi connectivity index (χ3n) is 6.89. The van der Waals surface area contributed by atoms with Crippen molar-refractivity contribution in [1.29, 1.82) is 0 Å². The van der Waals surface area contributed by atoms with Gasteiger partial charge in [-0.05, 0) is 62.6 Å². The molecule has 0 fully saturated rings. The van der Waals surface area contributed by atoms with E-state index in [0.717, 1.165) is 16.7 Å². The maximum atomic E-state index is 13.7. The molecule has 8 nitrogen and oxygen atoms in total. The molecule has 1 aromatic heterocycles. The van der Waals surface area contributed by atoms with Crippen LogP contribution in [0.25, 0.3) is 6.08 Å². The number of hydrogen-bond donors (Lipinski definition) is 0. The molecule has 1 aliphatic heterocycles. The summed E-state index contributed by atoms with van der Waals surface area (Å²) in [6, 6.07) is 17.8. The summed E-state index contributed by atoms with van der Waals surface area (Å²) in [5.41, 5.74) is 3.78. The Kier molecular flexibility index (Phi) is 8.99. The number of esters is 1. The van der Waals surface area contributed by atoms with Crippen LogP contribution in [0.2, 0.25) is 0 Å². The highest BCUT2D eigenvalue weighted by Gasteiger charge is 2.37. The minimum Gasteiger partial charge on any atom is -0.465 e. The molecule has 1 amide bonds. The second-order valence-electron chi connectivity index (χ2n) is 10.7. The highest BCUT2D eigenvalue weighted by atomic mass is 32.2. The molecule has 0 bridgehead atoms. The number of sulfonamides is 1. The molecule has 0 N–H and O–H groups in total. The molecule has 2 heterocycles. The number of amides is 1. The van der Waals surface area contributed by atoms with Crippen LogP contribution < -0.4 is 0 Å². The number of allylic oxidation sites excluding steroid dienone is 1. The van der Waals surface area contributed by atoms with Gasteiger partial charge >= 0.3 is 5.97 Å². The molecular weight excluding hydrogens is 540 g/mol. The smallest absolute Gasteiger partial charge is 0.340 e. The number of hydrogen-bond acceptors (Lipinski definition) is 6. The Balaban J connectivity index is 1.67. The quantitative estimate of drug-likeness (QED) is 0.230. The predicted molar refractivity (Wildman–Crippen MR) is 157 cm³/mol. The minimum absolute atomic E-state index is 0.0284. The zero-order chi connectivity index (χ0) is 29.9. The Morgan fingerprint density at radius 1 is 0.951 bits per heavy atom. The second-order valence-corrected chi connectivity index (χ2v) is 12.6. The molecule has 0 saturated carbocycles. The van der Waals surface area contributed by atoms with E-state index in [2.05, 4.69) is 0 Å². The van der Waals surface area contributed by atoms with Gasteiger partial charge in [-0.15, -0.1) is 0 Å². The third-order valence-corrected chi connectivity index (χ3v) is 8.69. The van der Waals surface area contributed by atoms with Crippen LogP contribution in [0.1, 0.15) is 49.0 Å². The minimum atomic E-state index is -3.87. The lowest BCUT2D eigenvalue weighted by atomic mass is 10.1. The number of benzene rings is 2. The van der Waals surface area contributed by atoms with Crippen molar-refractivity contribution in [1.82, 2.24) is 9.21 Å². The standard InChI is InChI=1S/C32H36N2O6S/c1-21(2)18-34-24(5)30(32(36)39-6)29(31(34)35)17-26-13-14-27(40-26)20-33(19-25-11-7-22(3)8-12-25)41(37,38)28-15-9-23(4)10-16-28/h7-17,21H,18-20H2,1-6H3/b29-17+. The monoisotopic (exact) mass is 576 g/mol. The maximum Gasteiger partial charge on any atom is 0.340 e. The third kappa shape index (κ3) is 6.69. The average molecular weight is 577 g/mol. The molecular formula is C32H36N2O6S. The van der Waals surface area contributed by atoms with Crippen molar-refractivity contribution in [2.24, 2.45) is 5.92 Å². The molecule has 0 unspecified atom stereocenters. The second kappa shape index (κ2) is 12.3. The summed E-state index contributed by atoms with van der Waals surface area (Å²) in [5.74, 6) is -0.000121. The molecule has 0 saturated heterocycles. The van der Waals surface area contributed by atoms with E-state index in [1.165, 1.54) is 17.5 Å². The first-order valence-electron chi connectivity index (χ1n) is 13.4. The normalized spacial score (nSPS) is 15.1. The van der Waals surface area contributed by atoms with Gasteiger partial charge in [0, 0.05) is 18.8 Å². The number of carbonyl (C=O) groups is 2. The van der Waals surface area contributed by atoms with Gasteiger partial charge in [-0.25, -0.2) is 13.2 Å². The Hall–Kier alpha value is -3.95. The Morgan fingerprint density at radius 2 is 1.56 bits per heavy atom. The van der Waals surface area contributed by atoms with E-state index in [0.29, 0.717) is 23.8 Å². The van der Waals surface area contributed by atoms with Crippen molar-refractivity contribution in [2.45, 2.75) is 52.6 Å². The SMILES string of the molecule is COC(=O)C1=C(C)N(CC(C)C)C(=O)/C1=C/c1ccc(CN(Cc2ccc(C)cc2)S(=O)(=O)c2ccc(C)cc2)o1. The lowest BCUT2D eigenvalue weighted by Crippen LogP contribution is -2.30.